The number of benzene rings is 9. The Morgan fingerprint density at radius 1 is 0.283 bits per heavy atom. The molecule has 0 saturated heterocycles. The summed E-state index contributed by atoms with van der Waals surface area (Å²) >= 11 is 0. The SMILES string of the molecule is c1ccc(-c2ccc(-c3nc(-c4ccc(-c5ccccc5)cc4)nc(-n4c5cc(-n6c7ccccc7c7ccccc76)ccc5c5c6ccccc6ccc54)n3)cc2)cc1. The summed E-state index contributed by atoms with van der Waals surface area (Å²) in [5.74, 6) is 1.77. The largest absolute Gasteiger partial charge is 0.309 e. The lowest BCUT2D eigenvalue weighted by molar-refractivity contribution is 0.953. The molecule has 3 aromatic heterocycles. The Morgan fingerprint density at radius 3 is 1.35 bits per heavy atom. The van der Waals surface area contributed by atoms with Crippen molar-refractivity contribution in [3.8, 4) is 56.7 Å². The topological polar surface area (TPSA) is 48.5 Å². The summed E-state index contributed by atoms with van der Waals surface area (Å²) in [5.41, 5.74) is 11.9. The van der Waals surface area contributed by atoms with Gasteiger partial charge >= 0.3 is 0 Å². The van der Waals surface area contributed by atoms with E-state index >= 15 is 0 Å². The van der Waals surface area contributed by atoms with Crippen LogP contribution in [0, 0.1) is 0 Å². The van der Waals surface area contributed by atoms with Crippen molar-refractivity contribution in [1.82, 2.24) is 24.1 Å². The van der Waals surface area contributed by atoms with E-state index in [0.717, 1.165) is 66.5 Å². The normalized spacial score (nSPS) is 11.7. The molecule has 12 aromatic rings. The molecule has 3 heterocycles. The molecule has 9 aromatic carbocycles. The predicted octanol–water partition coefficient (Wildman–Crippen LogP) is 13.9. The van der Waals surface area contributed by atoms with Gasteiger partial charge < -0.3 is 4.57 Å². The van der Waals surface area contributed by atoms with E-state index in [-0.39, 0.29) is 0 Å². The molecule has 0 aliphatic carbocycles. The summed E-state index contributed by atoms with van der Waals surface area (Å²) in [7, 11) is 0. The van der Waals surface area contributed by atoms with Crippen LogP contribution in [0.3, 0.4) is 0 Å². The van der Waals surface area contributed by atoms with Crippen LogP contribution in [0.25, 0.3) is 111 Å². The van der Waals surface area contributed by atoms with Gasteiger partial charge in [-0.25, -0.2) is 4.98 Å². The third-order valence-corrected chi connectivity index (χ3v) is 11.8. The number of hydrogen-bond acceptors (Lipinski definition) is 3. The van der Waals surface area contributed by atoms with Crippen LogP contribution in [0.4, 0.5) is 0 Å². The Morgan fingerprint density at radius 2 is 0.767 bits per heavy atom. The Bertz CT molecular complexity index is 3410. The molecule has 0 amide bonds. The number of para-hydroxylation sites is 2. The third-order valence-electron chi connectivity index (χ3n) is 11.8. The van der Waals surface area contributed by atoms with Crippen LogP contribution >= 0.6 is 0 Å². The number of nitrogens with zero attached hydrogens (tertiary/aromatic N) is 5. The summed E-state index contributed by atoms with van der Waals surface area (Å²) < 4.78 is 4.61. The van der Waals surface area contributed by atoms with Crippen LogP contribution in [0.15, 0.2) is 212 Å². The molecule has 0 atom stereocenters. The fourth-order valence-corrected chi connectivity index (χ4v) is 8.94. The highest BCUT2D eigenvalue weighted by atomic mass is 15.2. The first kappa shape index (κ1) is 33.9. The molecule has 280 valence electrons. The summed E-state index contributed by atoms with van der Waals surface area (Å²) in [5, 5.41) is 7.12. The first-order chi connectivity index (χ1) is 29.7. The van der Waals surface area contributed by atoms with Gasteiger partial charge in [0.1, 0.15) is 0 Å². The molecule has 5 heteroatoms. The minimum atomic E-state index is 0.559. The number of rotatable bonds is 6. The fraction of sp³-hybridized carbons (Fsp3) is 0. The van der Waals surface area contributed by atoms with Crippen molar-refractivity contribution < 1.29 is 0 Å². The Kier molecular flexibility index (Phi) is 7.78. The smallest absolute Gasteiger partial charge is 0.238 e. The lowest BCUT2D eigenvalue weighted by Crippen LogP contribution is -2.06. The Labute approximate surface area is 346 Å². The average molecular weight is 766 g/mol. The van der Waals surface area contributed by atoms with Gasteiger partial charge in [0, 0.05) is 38.4 Å². The van der Waals surface area contributed by atoms with Crippen molar-refractivity contribution in [2.45, 2.75) is 0 Å². The molecule has 12 rings (SSSR count). The summed E-state index contributed by atoms with van der Waals surface area (Å²) in [6.45, 7) is 0. The maximum Gasteiger partial charge on any atom is 0.238 e. The maximum atomic E-state index is 5.35. The lowest BCUT2D eigenvalue weighted by atomic mass is 10.0. The Hall–Kier alpha value is -8.15. The van der Waals surface area contributed by atoms with Crippen LogP contribution < -0.4 is 0 Å². The Balaban J connectivity index is 1.12. The maximum absolute atomic E-state index is 5.35. The van der Waals surface area contributed by atoms with Crippen LogP contribution in [-0.2, 0) is 0 Å². The second-order valence-electron chi connectivity index (χ2n) is 15.3. The first-order valence-corrected chi connectivity index (χ1v) is 20.3. The minimum absolute atomic E-state index is 0.559. The van der Waals surface area contributed by atoms with Gasteiger partial charge in [0.05, 0.1) is 22.1 Å². The monoisotopic (exact) mass is 765 g/mol. The molecule has 0 aliphatic rings. The van der Waals surface area contributed by atoms with Crippen LogP contribution in [0.5, 0.6) is 0 Å². The van der Waals surface area contributed by atoms with E-state index in [4.69, 9.17) is 15.0 Å². The summed E-state index contributed by atoms with van der Waals surface area (Å²) in [6, 6.07) is 75.1. The van der Waals surface area contributed by atoms with Crippen molar-refractivity contribution in [3.63, 3.8) is 0 Å². The number of aromatic nitrogens is 5. The van der Waals surface area contributed by atoms with E-state index in [1.807, 2.05) is 12.1 Å². The molecular weight excluding hydrogens is 731 g/mol. The highest BCUT2D eigenvalue weighted by molar-refractivity contribution is 6.21. The fourth-order valence-electron chi connectivity index (χ4n) is 8.94. The van der Waals surface area contributed by atoms with E-state index in [1.54, 1.807) is 0 Å². The van der Waals surface area contributed by atoms with E-state index < -0.39 is 0 Å². The van der Waals surface area contributed by atoms with Crippen LogP contribution in [0.2, 0.25) is 0 Å². The zero-order chi connectivity index (χ0) is 39.6. The quantitative estimate of drug-likeness (QED) is 0.169. The van der Waals surface area contributed by atoms with E-state index in [9.17, 15) is 0 Å². The molecule has 0 N–H and O–H groups in total. The van der Waals surface area contributed by atoms with Crippen molar-refractivity contribution in [2.75, 3.05) is 0 Å². The van der Waals surface area contributed by atoms with Crippen molar-refractivity contribution >= 4 is 54.4 Å². The van der Waals surface area contributed by atoms with Gasteiger partial charge in [0.15, 0.2) is 11.6 Å². The van der Waals surface area contributed by atoms with Crippen LogP contribution in [0.1, 0.15) is 0 Å². The van der Waals surface area contributed by atoms with E-state index in [2.05, 4.69) is 209 Å². The summed E-state index contributed by atoms with van der Waals surface area (Å²) in [6.07, 6.45) is 0. The van der Waals surface area contributed by atoms with Crippen molar-refractivity contribution in [1.29, 1.82) is 0 Å². The number of hydrogen-bond donors (Lipinski definition) is 0. The van der Waals surface area contributed by atoms with Gasteiger partial charge in [-0.1, -0.05) is 182 Å². The molecule has 60 heavy (non-hydrogen) atoms. The molecule has 0 saturated carbocycles. The zero-order valence-electron chi connectivity index (χ0n) is 32.4. The predicted molar refractivity (Wildman–Crippen MR) is 248 cm³/mol. The second-order valence-corrected chi connectivity index (χ2v) is 15.3. The zero-order valence-corrected chi connectivity index (χ0v) is 32.4. The molecule has 0 fully saturated rings. The highest BCUT2D eigenvalue weighted by Gasteiger charge is 2.21. The van der Waals surface area contributed by atoms with Gasteiger partial charge in [0.25, 0.3) is 0 Å². The van der Waals surface area contributed by atoms with Gasteiger partial charge in [-0.05, 0) is 63.4 Å². The van der Waals surface area contributed by atoms with Gasteiger partial charge in [-0.3, -0.25) is 4.57 Å². The molecular formula is C55H35N5. The van der Waals surface area contributed by atoms with Crippen molar-refractivity contribution in [2.24, 2.45) is 0 Å². The van der Waals surface area contributed by atoms with E-state index in [0.29, 0.717) is 17.6 Å². The van der Waals surface area contributed by atoms with Gasteiger partial charge in [-0.2, -0.15) is 9.97 Å². The molecule has 0 bridgehead atoms. The average Bonchev–Trinajstić information content (AvgIpc) is 3.85. The molecule has 0 unspecified atom stereocenters. The van der Waals surface area contributed by atoms with E-state index in [1.165, 1.54) is 26.9 Å². The van der Waals surface area contributed by atoms with Crippen molar-refractivity contribution in [3.05, 3.63) is 212 Å². The third kappa shape index (κ3) is 5.52. The lowest BCUT2D eigenvalue weighted by Gasteiger charge is -2.13. The molecule has 0 radical (unpaired) electrons. The summed E-state index contributed by atoms with van der Waals surface area (Å²) in [4.78, 5) is 15.9. The first-order valence-electron chi connectivity index (χ1n) is 20.3. The highest BCUT2D eigenvalue weighted by Crippen LogP contribution is 2.40. The van der Waals surface area contributed by atoms with Gasteiger partial charge in [0.2, 0.25) is 5.95 Å². The minimum Gasteiger partial charge on any atom is -0.309 e. The molecule has 0 spiro atoms. The van der Waals surface area contributed by atoms with Gasteiger partial charge in [-0.15, -0.1) is 0 Å². The molecule has 5 nitrogen and oxygen atoms in total. The number of fused-ring (bicyclic) bond motifs is 8. The molecule has 0 aliphatic heterocycles. The second kappa shape index (κ2) is 13.8. The standard InChI is InChI=1S/C55H35N5/c1-3-13-36(14-4-1)38-23-27-41(28-24-38)53-56-54(42-29-25-39(26-30-42)37-15-5-2-6-16-37)58-55(57-53)60-50-34-31-40-17-7-8-18-44(40)52(50)47-33-32-43(35-51(47)60)59-48-21-11-9-19-45(48)46-20-10-12-22-49(46)59/h1-35H. The van der Waals surface area contributed by atoms with Crippen LogP contribution in [-0.4, -0.2) is 24.1 Å².